The lowest BCUT2D eigenvalue weighted by Crippen LogP contribution is -2.37. The molecule has 0 spiro atoms. The molecule has 1 amide bonds. The number of nitrogens with one attached hydrogen (secondary N) is 1. The number of rotatable bonds is 4. The van der Waals surface area contributed by atoms with Gasteiger partial charge >= 0.3 is 12.2 Å². The van der Waals surface area contributed by atoms with Crippen LogP contribution in [0.5, 0.6) is 5.75 Å². The van der Waals surface area contributed by atoms with Crippen LogP contribution >= 0.6 is 0 Å². The van der Waals surface area contributed by atoms with Crippen molar-refractivity contribution in [2.45, 2.75) is 26.8 Å². The third-order valence-corrected chi connectivity index (χ3v) is 4.74. The molecule has 0 aliphatic rings. The lowest BCUT2D eigenvalue weighted by Gasteiger charge is -2.13. The van der Waals surface area contributed by atoms with Gasteiger partial charge in [-0.15, -0.1) is 0 Å². The minimum atomic E-state index is -1.50. The van der Waals surface area contributed by atoms with E-state index in [2.05, 4.69) is 5.32 Å². The normalized spacial score (nSPS) is 10.8. The van der Waals surface area contributed by atoms with Crippen molar-refractivity contribution >= 4 is 23.1 Å². The minimum absolute atomic E-state index is 0.0108. The van der Waals surface area contributed by atoms with Crippen molar-refractivity contribution in [3.05, 3.63) is 63.4 Å². The monoisotopic (exact) mass is 383 g/mol. The predicted octanol–water partition coefficient (Wildman–Crippen LogP) is 3.03. The van der Waals surface area contributed by atoms with Crippen molar-refractivity contribution in [1.82, 2.24) is 14.7 Å². The number of aryl methyl sites for hydroxylation is 3. The third kappa shape index (κ3) is 3.36. The smallest absolute Gasteiger partial charge is 0.449 e. The van der Waals surface area contributed by atoms with Crippen molar-refractivity contribution in [2.75, 3.05) is 0 Å². The zero-order valence-corrected chi connectivity index (χ0v) is 15.9. The van der Waals surface area contributed by atoms with Crippen LogP contribution in [-0.2, 0) is 20.0 Å². The molecule has 0 aliphatic heterocycles. The van der Waals surface area contributed by atoms with E-state index >= 15 is 0 Å². The Morgan fingerprint density at radius 2 is 1.89 bits per heavy atom. The number of hydrogen-bond acceptors (Lipinski definition) is 4. The molecule has 8 heteroatoms. The zero-order chi connectivity index (χ0) is 20.4. The quantitative estimate of drug-likeness (QED) is 0.533. The first kappa shape index (κ1) is 19.2. The van der Waals surface area contributed by atoms with Crippen LogP contribution in [0.2, 0.25) is 0 Å². The Hall–Kier alpha value is -3.55. The molecule has 2 N–H and O–H groups in total. The molecule has 0 saturated heterocycles. The zero-order valence-electron chi connectivity index (χ0n) is 15.9. The Balaban J connectivity index is 1.97. The maximum absolute atomic E-state index is 12.7. The van der Waals surface area contributed by atoms with Gasteiger partial charge in [-0.25, -0.2) is 9.59 Å². The summed E-state index contributed by atoms with van der Waals surface area (Å²) in [6, 6.07) is 9.80. The molecule has 146 valence electrons. The highest BCUT2D eigenvalue weighted by atomic mass is 16.7. The summed E-state index contributed by atoms with van der Waals surface area (Å²) in [5.41, 5.74) is 2.88. The van der Waals surface area contributed by atoms with Crippen LogP contribution in [0.1, 0.15) is 23.6 Å². The summed E-state index contributed by atoms with van der Waals surface area (Å²) >= 11 is 0. The van der Waals surface area contributed by atoms with Crippen LogP contribution in [0.15, 0.2) is 41.2 Å². The number of benzene rings is 2. The van der Waals surface area contributed by atoms with Crippen molar-refractivity contribution < 1.29 is 19.4 Å². The molecular weight excluding hydrogens is 362 g/mol. The lowest BCUT2D eigenvalue weighted by molar-refractivity contribution is 0.145. The molecule has 3 rings (SSSR count). The van der Waals surface area contributed by atoms with Crippen LogP contribution in [-0.4, -0.2) is 26.7 Å². The van der Waals surface area contributed by atoms with E-state index in [0.29, 0.717) is 0 Å². The Morgan fingerprint density at radius 1 is 1.18 bits per heavy atom. The molecule has 8 nitrogen and oxygen atoms in total. The molecule has 0 atom stereocenters. The molecule has 1 aromatic heterocycles. The third-order valence-electron chi connectivity index (χ3n) is 4.74. The number of hydrogen-bond donors (Lipinski definition) is 2. The first-order valence-corrected chi connectivity index (χ1v) is 8.82. The highest BCUT2D eigenvalue weighted by Gasteiger charge is 2.20. The standard InChI is InChI=1S/C20H21N3O5/c1-4-13-8-5-7-12(2)15(13)11-21-19(25)23-18(24)14-9-6-10-16(28-20(26)27)17(14)22(23)3/h5-10H,4,11H2,1-3H3,(H,21,25)(H,26,27). The van der Waals surface area contributed by atoms with Crippen LogP contribution in [0.25, 0.3) is 10.9 Å². The van der Waals surface area contributed by atoms with Gasteiger partial charge in [0.2, 0.25) is 0 Å². The molecule has 2 aromatic carbocycles. The molecule has 0 fully saturated rings. The number of amides is 1. The van der Waals surface area contributed by atoms with Crippen molar-refractivity contribution in [3.63, 3.8) is 0 Å². The summed E-state index contributed by atoms with van der Waals surface area (Å²) in [5, 5.41) is 11.9. The van der Waals surface area contributed by atoms with E-state index in [0.717, 1.165) is 27.8 Å². The van der Waals surface area contributed by atoms with Gasteiger partial charge in [-0.2, -0.15) is 4.68 Å². The Bertz CT molecular complexity index is 1130. The van der Waals surface area contributed by atoms with E-state index in [9.17, 15) is 14.4 Å². The maximum Gasteiger partial charge on any atom is 0.511 e. The molecule has 0 unspecified atom stereocenters. The van der Waals surface area contributed by atoms with E-state index in [-0.39, 0.29) is 23.2 Å². The van der Waals surface area contributed by atoms with Crippen LogP contribution < -0.4 is 15.6 Å². The second-order valence-corrected chi connectivity index (χ2v) is 6.39. The lowest BCUT2D eigenvalue weighted by atomic mass is 10.0. The number of carboxylic acid groups (broad SMARTS) is 1. The van der Waals surface area contributed by atoms with Gasteiger partial charge in [0.1, 0.15) is 5.52 Å². The highest BCUT2D eigenvalue weighted by molar-refractivity contribution is 5.89. The van der Waals surface area contributed by atoms with E-state index in [1.54, 1.807) is 0 Å². The van der Waals surface area contributed by atoms with Gasteiger partial charge in [0.25, 0.3) is 5.56 Å². The SMILES string of the molecule is CCc1cccc(C)c1CNC(=O)n1c(=O)c2cccc(OC(=O)O)c2n1C. The van der Waals surface area contributed by atoms with E-state index < -0.39 is 17.7 Å². The minimum Gasteiger partial charge on any atom is -0.449 e. The first-order chi connectivity index (χ1) is 13.3. The van der Waals surface area contributed by atoms with Crippen molar-refractivity contribution in [1.29, 1.82) is 0 Å². The topological polar surface area (TPSA) is 103 Å². The molecular formula is C20H21N3O5. The fourth-order valence-corrected chi connectivity index (χ4v) is 3.37. The molecule has 28 heavy (non-hydrogen) atoms. The second kappa shape index (κ2) is 7.59. The van der Waals surface area contributed by atoms with Gasteiger partial charge in [0.05, 0.1) is 5.39 Å². The van der Waals surface area contributed by atoms with Crippen LogP contribution in [0.4, 0.5) is 9.59 Å². The van der Waals surface area contributed by atoms with Crippen molar-refractivity contribution in [2.24, 2.45) is 7.05 Å². The summed E-state index contributed by atoms with van der Waals surface area (Å²) < 4.78 is 6.97. The van der Waals surface area contributed by atoms with Crippen LogP contribution in [0.3, 0.4) is 0 Å². The second-order valence-electron chi connectivity index (χ2n) is 6.39. The summed E-state index contributed by atoms with van der Waals surface area (Å²) in [4.78, 5) is 36.4. The Morgan fingerprint density at radius 3 is 2.57 bits per heavy atom. The average molecular weight is 383 g/mol. The predicted molar refractivity (Wildman–Crippen MR) is 104 cm³/mol. The van der Waals surface area contributed by atoms with Gasteiger partial charge in [-0.3, -0.25) is 9.48 Å². The average Bonchev–Trinajstić information content (AvgIpc) is 2.91. The maximum atomic E-state index is 12.7. The molecule has 0 bridgehead atoms. The number of nitrogens with zero attached hydrogens (tertiary/aromatic N) is 2. The summed E-state index contributed by atoms with van der Waals surface area (Å²) in [6.07, 6.45) is -0.666. The molecule has 0 aliphatic carbocycles. The van der Waals surface area contributed by atoms with Gasteiger partial charge in [-0.05, 0) is 42.2 Å². The van der Waals surface area contributed by atoms with Gasteiger partial charge in [0, 0.05) is 13.6 Å². The summed E-state index contributed by atoms with van der Waals surface area (Å²) in [7, 11) is 1.50. The summed E-state index contributed by atoms with van der Waals surface area (Å²) in [6.45, 7) is 4.29. The van der Waals surface area contributed by atoms with E-state index in [1.165, 1.54) is 29.9 Å². The molecule has 1 heterocycles. The van der Waals surface area contributed by atoms with E-state index in [1.807, 2.05) is 32.0 Å². The number of fused-ring (bicyclic) bond motifs is 1. The van der Waals surface area contributed by atoms with Crippen molar-refractivity contribution in [3.8, 4) is 5.75 Å². The number of aromatic nitrogens is 2. The molecule has 0 radical (unpaired) electrons. The number of para-hydroxylation sites is 1. The first-order valence-electron chi connectivity index (χ1n) is 8.82. The number of ether oxygens (including phenoxy) is 1. The largest absolute Gasteiger partial charge is 0.511 e. The molecule has 3 aromatic rings. The summed E-state index contributed by atoms with van der Waals surface area (Å²) in [5.74, 6) is -0.0108. The highest BCUT2D eigenvalue weighted by Crippen LogP contribution is 2.23. The van der Waals surface area contributed by atoms with E-state index in [4.69, 9.17) is 9.84 Å². The van der Waals surface area contributed by atoms with Gasteiger partial charge < -0.3 is 15.2 Å². The van der Waals surface area contributed by atoms with Gasteiger partial charge in [0.15, 0.2) is 5.75 Å². The van der Waals surface area contributed by atoms with Crippen LogP contribution in [0, 0.1) is 6.92 Å². The fraction of sp³-hybridized carbons (Fsp3) is 0.250. The molecule has 0 saturated carbocycles. The number of carbonyl (C=O) groups is 2. The fourth-order valence-electron chi connectivity index (χ4n) is 3.37. The number of carbonyl (C=O) groups excluding carboxylic acids is 1. The Labute approximate surface area is 160 Å². The van der Waals surface area contributed by atoms with Gasteiger partial charge in [-0.1, -0.05) is 31.2 Å². The Kier molecular flexibility index (Phi) is 5.21.